The van der Waals surface area contributed by atoms with Crippen molar-refractivity contribution in [3.63, 3.8) is 0 Å². The zero-order valence-electron chi connectivity index (χ0n) is 10.6. The van der Waals surface area contributed by atoms with Gasteiger partial charge in [0.05, 0.1) is 5.60 Å². The zero-order chi connectivity index (χ0) is 12.0. The molecular formula is C15H21NO. The van der Waals surface area contributed by atoms with Crippen molar-refractivity contribution in [2.45, 2.75) is 44.4 Å². The fourth-order valence-electron chi connectivity index (χ4n) is 3.38. The van der Waals surface area contributed by atoms with E-state index >= 15 is 0 Å². The Morgan fingerprint density at radius 3 is 2.71 bits per heavy atom. The predicted octanol–water partition coefficient (Wildman–Crippen LogP) is 2.59. The van der Waals surface area contributed by atoms with Gasteiger partial charge in [0.1, 0.15) is 0 Å². The van der Waals surface area contributed by atoms with Crippen LogP contribution in [-0.2, 0) is 0 Å². The third kappa shape index (κ3) is 1.90. The van der Waals surface area contributed by atoms with Crippen molar-refractivity contribution >= 4 is 0 Å². The van der Waals surface area contributed by atoms with E-state index in [2.05, 4.69) is 49.1 Å². The van der Waals surface area contributed by atoms with Gasteiger partial charge in [-0.3, -0.25) is 4.90 Å². The number of likely N-dealkylation sites (tertiary alicyclic amines) is 1. The first-order valence-electron chi connectivity index (χ1n) is 6.63. The van der Waals surface area contributed by atoms with Crippen LogP contribution in [0.1, 0.15) is 38.3 Å². The molecule has 0 spiro atoms. The summed E-state index contributed by atoms with van der Waals surface area (Å²) in [7, 11) is 0. The third-order valence-electron chi connectivity index (χ3n) is 4.63. The Labute approximate surface area is 103 Å². The molecule has 1 saturated heterocycles. The second kappa shape index (κ2) is 3.82. The van der Waals surface area contributed by atoms with Crippen LogP contribution >= 0.6 is 0 Å². The van der Waals surface area contributed by atoms with Crippen LogP contribution in [0.2, 0.25) is 0 Å². The second-order valence-corrected chi connectivity index (χ2v) is 5.84. The number of hydrogen-bond acceptors (Lipinski definition) is 2. The van der Waals surface area contributed by atoms with Gasteiger partial charge in [-0.05, 0) is 32.3 Å². The zero-order valence-corrected chi connectivity index (χ0v) is 10.6. The van der Waals surface area contributed by atoms with Gasteiger partial charge in [-0.15, -0.1) is 0 Å². The first-order chi connectivity index (χ1) is 8.10. The molecule has 4 atom stereocenters. The average Bonchev–Trinajstić information content (AvgIpc) is 2.98. The minimum absolute atomic E-state index is 0.313. The number of aliphatic hydroxyl groups is 1. The highest BCUT2D eigenvalue weighted by Gasteiger charge is 2.57. The third-order valence-corrected chi connectivity index (χ3v) is 4.63. The molecule has 1 saturated carbocycles. The summed E-state index contributed by atoms with van der Waals surface area (Å²) in [6.45, 7) is 5.57. The Morgan fingerprint density at radius 2 is 2.00 bits per heavy atom. The van der Waals surface area contributed by atoms with E-state index in [0.717, 1.165) is 19.4 Å². The van der Waals surface area contributed by atoms with Crippen LogP contribution in [0, 0.1) is 5.92 Å². The minimum atomic E-state index is -0.313. The molecule has 2 nitrogen and oxygen atoms in total. The fraction of sp³-hybridized carbons (Fsp3) is 0.600. The molecule has 2 unspecified atom stereocenters. The molecule has 0 radical (unpaired) electrons. The van der Waals surface area contributed by atoms with E-state index in [-0.39, 0.29) is 5.60 Å². The summed E-state index contributed by atoms with van der Waals surface area (Å²) >= 11 is 0. The van der Waals surface area contributed by atoms with Crippen molar-refractivity contribution in [3.05, 3.63) is 35.9 Å². The summed E-state index contributed by atoms with van der Waals surface area (Å²) in [6.07, 6.45) is 1.95. The van der Waals surface area contributed by atoms with Crippen LogP contribution in [-0.4, -0.2) is 28.2 Å². The van der Waals surface area contributed by atoms with E-state index in [1.165, 1.54) is 5.56 Å². The Bertz CT molecular complexity index is 405. The van der Waals surface area contributed by atoms with Crippen LogP contribution in [0.5, 0.6) is 0 Å². The van der Waals surface area contributed by atoms with Gasteiger partial charge in [0.2, 0.25) is 0 Å². The monoisotopic (exact) mass is 231 g/mol. The number of piperidine rings is 1. The number of rotatable bonds is 2. The average molecular weight is 231 g/mol. The molecular weight excluding hydrogens is 210 g/mol. The van der Waals surface area contributed by atoms with E-state index in [1.807, 2.05) is 0 Å². The van der Waals surface area contributed by atoms with Crippen molar-refractivity contribution in [3.8, 4) is 0 Å². The molecule has 0 aromatic heterocycles. The summed E-state index contributed by atoms with van der Waals surface area (Å²) in [6, 6.07) is 11.6. The predicted molar refractivity (Wildman–Crippen MR) is 68.7 cm³/mol. The van der Waals surface area contributed by atoms with E-state index in [0.29, 0.717) is 18.0 Å². The highest BCUT2D eigenvalue weighted by atomic mass is 16.3. The maximum absolute atomic E-state index is 10.2. The summed E-state index contributed by atoms with van der Waals surface area (Å²) in [5.74, 6) is 0.518. The van der Waals surface area contributed by atoms with Crippen molar-refractivity contribution in [1.82, 2.24) is 4.90 Å². The smallest absolute Gasteiger partial charge is 0.0708 e. The normalized spacial score (nSPS) is 38.5. The van der Waals surface area contributed by atoms with E-state index in [9.17, 15) is 5.11 Å². The largest absolute Gasteiger partial charge is 0.389 e. The molecule has 1 aliphatic heterocycles. The minimum Gasteiger partial charge on any atom is -0.389 e. The summed E-state index contributed by atoms with van der Waals surface area (Å²) < 4.78 is 0. The van der Waals surface area contributed by atoms with Crippen LogP contribution < -0.4 is 0 Å². The molecule has 3 rings (SSSR count). The molecule has 1 aromatic rings. The van der Waals surface area contributed by atoms with Gasteiger partial charge >= 0.3 is 0 Å². The van der Waals surface area contributed by atoms with Gasteiger partial charge < -0.3 is 5.11 Å². The molecule has 2 fully saturated rings. The summed E-state index contributed by atoms with van der Waals surface area (Å²) in [5.41, 5.74) is 1.07. The molecule has 17 heavy (non-hydrogen) atoms. The van der Waals surface area contributed by atoms with Crippen molar-refractivity contribution in [1.29, 1.82) is 0 Å². The SMILES string of the molecule is C[C@@H]1CC2(O)CC2CN1[C@H](C)c1ccccc1. The first-order valence-corrected chi connectivity index (χ1v) is 6.63. The number of benzene rings is 1. The van der Waals surface area contributed by atoms with Crippen LogP contribution in [0.3, 0.4) is 0 Å². The molecule has 92 valence electrons. The molecule has 0 bridgehead atoms. The second-order valence-electron chi connectivity index (χ2n) is 5.84. The first kappa shape index (κ1) is 11.2. The quantitative estimate of drug-likeness (QED) is 0.845. The highest BCUT2D eigenvalue weighted by Crippen LogP contribution is 2.52. The molecule has 1 heterocycles. The maximum atomic E-state index is 10.2. The lowest BCUT2D eigenvalue weighted by Gasteiger charge is -2.39. The Balaban J connectivity index is 1.76. The van der Waals surface area contributed by atoms with E-state index < -0.39 is 0 Å². The number of nitrogens with zero attached hydrogens (tertiary/aromatic N) is 1. The van der Waals surface area contributed by atoms with Crippen LogP contribution in [0.4, 0.5) is 0 Å². The highest BCUT2D eigenvalue weighted by molar-refractivity contribution is 5.20. The van der Waals surface area contributed by atoms with Crippen LogP contribution in [0.15, 0.2) is 30.3 Å². The maximum Gasteiger partial charge on any atom is 0.0708 e. The van der Waals surface area contributed by atoms with Gasteiger partial charge in [-0.2, -0.15) is 0 Å². The van der Waals surface area contributed by atoms with Crippen LogP contribution in [0.25, 0.3) is 0 Å². The fourth-order valence-corrected chi connectivity index (χ4v) is 3.38. The summed E-state index contributed by atoms with van der Waals surface area (Å²) in [4.78, 5) is 2.54. The lowest BCUT2D eigenvalue weighted by molar-refractivity contribution is 0.0160. The van der Waals surface area contributed by atoms with Gasteiger partial charge in [0.25, 0.3) is 0 Å². The van der Waals surface area contributed by atoms with Gasteiger partial charge in [-0.1, -0.05) is 30.3 Å². The molecule has 1 aliphatic carbocycles. The Kier molecular flexibility index (Phi) is 2.53. The lowest BCUT2D eigenvalue weighted by atomic mass is 9.96. The molecule has 2 aliphatic rings. The van der Waals surface area contributed by atoms with Gasteiger partial charge in [0.15, 0.2) is 0 Å². The topological polar surface area (TPSA) is 23.5 Å². The van der Waals surface area contributed by atoms with Gasteiger partial charge in [0, 0.05) is 24.5 Å². The Morgan fingerprint density at radius 1 is 1.29 bits per heavy atom. The van der Waals surface area contributed by atoms with Crippen molar-refractivity contribution < 1.29 is 5.11 Å². The lowest BCUT2D eigenvalue weighted by Crippen LogP contribution is -2.44. The molecule has 1 N–H and O–H groups in total. The Hall–Kier alpha value is -0.860. The van der Waals surface area contributed by atoms with E-state index in [1.54, 1.807) is 0 Å². The molecule has 2 heteroatoms. The number of hydrogen-bond donors (Lipinski definition) is 1. The molecule has 0 amide bonds. The van der Waals surface area contributed by atoms with Gasteiger partial charge in [-0.25, -0.2) is 0 Å². The van der Waals surface area contributed by atoms with Crippen molar-refractivity contribution in [2.75, 3.05) is 6.54 Å². The number of fused-ring (bicyclic) bond motifs is 1. The standard InChI is InChI=1S/C15H21NO/c1-11-8-15(17)9-14(15)10-16(11)12(2)13-6-4-3-5-7-13/h3-7,11-12,14,17H,8-10H2,1-2H3/t11-,12-,14?,15?/m1/s1. The summed E-state index contributed by atoms with van der Waals surface area (Å²) in [5, 5.41) is 10.2. The molecule has 1 aromatic carbocycles. The van der Waals surface area contributed by atoms with Crippen molar-refractivity contribution in [2.24, 2.45) is 5.92 Å². The van der Waals surface area contributed by atoms with E-state index in [4.69, 9.17) is 0 Å².